The van der Waals surface area contributed by atoms with Gasteiger partial charge < -0.3 is 4.74 Å². The highest BCUT2D eigenvalue weighted by Gasteiger charge is 2.04. The number of nitrogens with two attached hydrogens (primary N) is 1. The molecule has 0 unspecified atom stereocenters. The largest absolute Gasteiger partial charge is 0.491 e. The first kappa shape index (κ1) is 12.5. The van der Waals surface area contributed by atoms with Crippen molar-refractivity contribution in [2.24, 2.45) is 5.84 Å². The minimum atomic E-state index is -0.319. The fraction of sp³-hybridized carbons (Fsp3) is 0.200. The monoisotopic (exact) mass is 242 g/mol. The summed E-state index contributed by atoms with van der Waals surface area (Å²) in [5.74, 6) is 5.01. The Morgan fingerprint density at radius 3 is 2.88 bits per heavy atom. The lowest BCUT2D eigenvalue weighted by Gasteiger charge is -2.07. The van der Waals surface area contributed by atoms with Crippen LogP contribution in [0.2, 0.25) is 5.02 Å². The number of ether oxygens (including phenoxy) is 1. The molecule has 0 radical (unpaired) electrons. The molecule has 0 spiro atoms. The van der Waals surface area contributed by atoms with Crippen LogP contribution >= 0.6 is 11.6 Å². The van der Waals surface area contributed by atoms with Gasteiger partial charge >= 0.3 is 0 Å². The Bertz CT molecular complexity index is 396. The van der Waals surface area contributed by atoms with Crippen LogP contribution in [0.15, 0.2) is 18.2 Å². The normalized spacial score (nSPS) is 9.62. The van der Waals surface area contributed by atoms with Crippen molar-refractivity contribution in [2.75, 3.05) is 6.61 Å². The Hall–Kier alpha value is -1.59. The summed E-state index contributed by atoms with van der Waals surface area (Å²) < 4.78 is 5.24. The highest BCUT2D eigenvalue weighted by Crippen LogP contribution is 2.24. The van der Waals surface area contributed by atoms with E-state index >= 15 is 0 Å². The fourth-order valence-electron chi connectivity index (χ4n) is 1.03. The third kappa shape index (κ3) is 3.52. The molecule has 6 heteroatoms. The Balaban J connectivity index is 2.54. The second kappa shape index (κ2) is 6.09. The fourth-order valence-corrected chi connectivity index (χ4v) is 1.28. The Morgan fingerprint density at radius 1 is 1.56 bits per heavy atom. The van der Waals surface area contributed by atoms with E-state index in [-0.39, 0.29) is 18.9 Å². The zero-order valence-electron chi connectivity index (χ0n) is 8.40. The third-order valence-electron chi connectivity index (χ3n) is 1.84. The summed E-state index contributed by atoms with van der Waals surface area (Å²) in [4.78, 5) is 21.2. The van der Waals surface area contributed by atoms with Crippen LogP contribution in [0.5, 0.6) is 5.75 Å². The third-order valence-corrected chi connectivity index (χ3v) is 2.14. The first-order valence-electron chi connectivity index (χ1n) is 4.54. The van der Waals surface area contributed by atoms with E-state index in [9.17, 15) is 9.59 Å². The molecule has 0 saturated heterocycles. The van der Waals surface area contributed by atoms with Crippen molar-refractivity contribution in [3.8, 4) is 5.75 Å². The molecule has 3 N–H and O–H groups in total. The Labute approximate surface area is 97.5 Å². The molecule has 86 valence electrons. The number of hydrazine groups is 1. The van der Waals surface area contributed by atoms with Crippen LogP contribution in [0.1, 0.15) is 16.8 Å². The molecule has 0 aliphatic carbocycles. The topological polar surface area (TPSA) is 81.4 Å². The average molecular weight is 243 g/mol. The number of carbonyl (C=O) groups excluding carboxylic acids is 2. The number of halogens is 1. The van der Waals surface area contributed by atoms with Crippen molar-refractivity contribution in [1.29, 1.82) is 0 Å². The maximum atomic E-state index is 10.8. The molecule has 16 heavy (non-hydrogen) atoms. The second-order valence-electron chi connectivity index (χ2n) is 2.97. The molecule has 0 atom stereocenters. The number of nitrogens with one attached hydrogen (secondary N) is 1. The summed E-state index contributed by atoms with van der Waals surface area (Å²) >= 11 is 5.85. The minimum Gasteiger partial charge on any atom is -0.491 e. The quantitative estimate of drug-likeness (QED) is 0.348. The van der Waals surface area contributed by atoms with E-state index in [1.54, 1.807) is 12.1 Å². The van der Waals surface area contributed by atoms with E-state index in [4.69, 9.17) is 22.2 Å². The number of rotatable bonds is 5. The van der Waals surface area contributed by atoms with Gasteiger partial charge in [-0.1, -0.05) is 11.6 Å². The first-order chi connectivity index (χ1) is 7.67. The molecule has 0 aromatic heterocycles. The van der Waals surface area contributed by atoms with Gasteiger partial charge in [-0.05, 0) is 18.2 Å². The molecule has 0 fully saturated rings. The number of amides is 1. The molecule has 0 aliphatic rings. The van der Waals surface area contributed by atoms with Gasteiger partial charge in [0.1, 0.15) is 12.0 Å². The molecule has 5 nitrogen and oxygen atoms in total. The van der Waals surface area contributed by atoms with Gasteiger partial charge in [0, 0.05) is 5.56 Å². The van der Waals surface area contributed by atoms with Crippen molar-refractivity contribution in [2.45, 2.75) is 6.42 Å². The minimum absolute atomic E-state index is 0.141. The molecule has 1 aromatic rings. The van der Waals surface area contributed by atoms with E-state index in [2.05, 4.69) is 0 Å². The van der Waals surface area contributed by atoms with Crippen LogP contribution in [-0.2, 0) is 4.79 Å². The maximum absolute atomic E-state index is 10.8. The second-order valence-corrected chi connectivity index (χ2v) is 3.38. The summed E-state index contributed by atoms with van der Waals surface area (Å²) in [6, 6.07) is 4.65. The standard InChI is InChI=1S/C10H11ClN2O3/c11-8-5-7(6-14)1-2-9(8)16-4-3-10(15)13-12/h1-2,5-6H,3-4,12H2,(H,13,15). The van der Waals surface area contributed by atoms with Gasteiger partial charge in [-0.15, -0.1) is 0 Å². The van der Waals surface area contributed by atoms with E-state index < -0.39 is 0 Å². The van der Waals surface area contributed by atoms with Crippen molar-refractivity contribution in [1.82, 2.24) is 5.43 Å². The molecule has 0 heterocycles. The van der Waals surface area contributed by atoms with Crippen LogP contribution in [0.3, 0.4) is 0 Å². The van der Waals surface area contributed by atoms with E-state index in [1.807, 2.05) is 5.43 Å². The average Bonchev–Trinajstić information content (AvgIpc) is 2.30. The number of benzene rings is 1. The summed E-state index contributed by atoms with van der Waals surface area (Å²) in [6.45, 7) is 0.170. The lowest BCUT2D eigenvalue weighted by Crippen LogP contribution is -2.31. The van der Waals surface area contributed by atoms with Gasteiger partial charge in [-0.3, -0.25) is 15.0 Å². The summed E-state index contributed by atoms with van der Waals surface area (Å²) in [7, 11) is 0. The van der Waals surface area contributed by atoms with E-state index in [0.717, 1.165) is 0 Å². The Kier molecular flexibility index (Phi) is 4.75. The Morgan fingerprint density at radius 2 is 2.31 bits per heavy atom. The first-order valence-corrected chi connectivity index (χ1v) is 4.92. The smallest absolute Gasteiger partial charge is 0.237 e. The van der Waals surface area contributed by atoms with E-state index in [0.29, 0.717) is 22.6 Å². The highest BCUT2D eigenvalue weighted by molar-refractivity contribution is 6.32. The lowest BCUT2D eigenvalue weighted by molar-refractivity contribution is -0.121. The summed E-state index contributed by atoms with van der Waals surface area (Å²) in [5.41, 5.74) is 2.46. The van der Waals surface area contributed by atoms with Gasteiger partial charge in [0.25, 0.3) is 0 Å². The van der Waals surface area contributed by atoms with Gasteiger partial charge in [0.2, 0.25) is 5.91 Å². The predicted molar refractivity (Wildman–Crippen MR) is 59.3 cm³/mol. The van der Waals surface area contributed by atoms with Gasteiger partial charge in [0.05, 0.1) is 18.1 Å². The molecule has 1 rings (SSSR count). The van der Waals surface area contributed by atoms with Crippen LogP contribution in [0, 0.1) is 0 Å². The maximum Gasteiger partial charge on any atom is 0.237 e. The number of carbonyl (C=O) groups is 2. The molecule has 1 amide bonds. The zero-order valence-corrected chi connectivity index (χ0v) is 9.16. The molecular formula is C10H11ClN2O3. The number of hydrogen-bond donors (Lipinski definition) is 2. The van der Waals surface area contributed by atoms with Crippen LogP contribution in [0.25, 0.3) is 0 Å². The number of hydrogen-bond acceptors (Lipinski definition) is 4. The molecule has 0 bridgehead atoms. The zero-order chi connectivity index (χ0) is 12.0. The molecule has 1 aromatic carbocycles. The van der Waals surface area contributed by atoms with Crippen LogP contribution in [-0.4, -0.2) is 18.8 Å². The molecule has 0 aliphatic heterocycles. The highest BCUT2D eigenvalue weighted by atomic mass is 35.5. The van der Waals surface area contributed by atoms with Crippen molar-refractivity contribution in [3.05, 3.63) is 28.8 Å². The molecular weight excluding hydrogens is 232 g/mol. The van der Waals surface area contributed by atoms with Crippen LogP contribution < -0.4 is 16.0 Å². The van der Waals surface area contributed by atoms with Crippen molar-refractivity contribution in [3.63, 3.8) is 0 Å². The predicted octanol–water partition coefficient (Wildman–Crippen LogP) is 0.911. The van der Waals surface area contributed by atoms with Crippen LogP contribution in [0.4, 0.5) is 0 Å². The number of aldehydes is 1. The summed E-state index contributed by atoms with van der Waals surface area (Å²) in [6.07, 6.45) is 0.833. The molecule has 0 saturated carbocycles. The van der Waals surface area contributed by atoms with Gasteiger partial charge in [-0.25, -0.2) is 5.84 Å². The summed E-state index contributed by atoms with van der Waals surface area (Å²) in [5, 5.41) is 0.331. The van der Waals surface area contributed by atoms with Crippen molar-refractivity contribution >= 4 is 23.8 Å². The van der Waals surface area contributed by atoms with Crippen molar-refractivity contribution < 1.29 is 14.3 Å². The lowest BCUT2D eigenvalue weighted by atomic mass is 10.2. The SMILES string of the molecule is NNC(=O)CCOc1ccc(C=O)cc1Cl. The van der Waals surface area contributed by atoms with Gasteiger partial charge in [0.15, 0.2) is 0 Å². The van der Waals surface area contributed by atoms with Gasteiger partial charge in [-0.2, -0.15) is 0 Å². The van der Waals surface area contributed by atoms with E-state index in [1.165, 1.54) is 6.07 Å².